The van der Waals surface area contributed by atoms with Gasteiger partial charge in [0.25, 0.3) is 0 Å². The molecule has 15 heavy (non-hydrogen) atoms. The third kappa shape index (κ3) is 4.64. The summed E-state index contributed by atoms with van der Waals surface area (Å²) in [6.07, 6.45) is 8.00. The summed E-state index contributed by atoms with van der Waals surface area (Å²) in [6, 6.07) is 0.351. The van der Waals surface area contributed by atoms with Crippen molar-refractivity contribution in [1.82, 2.24) is 15.2 Å². The molecule has 0 saturated heterocycles. The molecule has 1 rings (SSSR count). The van der Waals surface area contributed by atoms with Crippen LogP contribution in [0.25, 0.3) is 0 Å². The number of nitrogens with two attached hydrogens (primary N) is 1. The number of aryl methyl sites for hydroxylation is 2. The predicted octanol–water partition coefficient (Wildman–Crippen LogP) is 1.20. The van der Waals surface area contributed by atoms with E-state index >= 15 is 0 Å². The molecule has 1 aromatic rings. The van der Waals surface area contributed by atoms with E-state index < -0.39 is 0 Å². The van der Waals surface area contributed by atoms with Crippen molar-refractivity contribution < 1.29 is 0 Å². The van der Waals surface area contributed by atoms with Crippen molar-refractivity contribution >= 4 is 11.6 Å². The van der Waals surface area contributed by atoms with E-state index in [1.54, 1.807) is 0 Å². The Bertz CT molecular complexity index is 274. The Morgan fingerprint density at radius 1 is 1.60 bits per heavy atom. The second-order valence-corrected chi connectivity index (χ2v) is 4.13. The van der Waals surface area contributed by atoms with Crippen molar-refractivity contribution in [2.24, 2.45) is 12.9 Å². The Morgan fingerprint density at radius 3 is 2.93 bits per heavy atom. The zero-order valence-electron chi connectivity index (χ0n) is 9.12. The lowest BCUT2D eigenvalue weighted by Gasteiger charge is -2.14. The fourth-order valence-corrected chi connectivity index (χ4v) is 1.73. The van der Waals surface area contributed by atoms with Crippen LogP contribution in [-0.4, -0.2) is 21.7 Å². The average molecular weight is 231 g/mol. The Kier molecular flexibility index (Phi) is 5.68. The third-order valence-electron chi connectivity index (χ3n) is 2.46. The lowest BCUT2D eigenvalue weighted by Crippen LogP contribution is -2.35. The maximum Gasteiger partial charge on any atom is 0.0521 e. The van der Waals surface area contributed by atoms with Crippen LogP contribution in [0.4, 0.5) is 0 Å². The molecule has 4 nitrogen and oxygen atoms in total. The summed E-state index contributed by atoms with van der Waals surface area (Å²) in [5, 5.41) is 4.13. The highest BCUT2D eigenvalue weighted by Gasteiger charge is 2.06. The number of alkyl halides is 1. The van der Waals surface area contributed by atoms with Crippen molar-refractivity contribution in [1.29, 1.82) is 0 Å². The molecule has 0 spiro atoms. The first kappa shape index (κ1) is 12.5. The lowest BCUT2D eigenvalue weighted by atomic mass is 10.0. The highest BCUT2D eigenvalue weighted by atomic mass is 35.5. The summed E-state index contributed by atoms with van der Waals surface area (Å²) >= 11 is 5.64. The molecule has 0 aromatic carbocycles. The lowest BCUT2D eigenvalue weighted by molar-refractivity contribution is 0.460. The van der Waals surface area contributed by atoms with Gasteiger partial charge in [0.1, 0.15) is 0 Å². The second-order valence-electron chi connectivity index (χ2n) is 3.76. The van der Waals surface area contributed by atoms with Gasteiger partial charge in [-0.3, -0.25) is 16.0 Å². The fraction of sp³-hybridized carbons (Fsp3) is 0.700. The zero-order valence-corrected chi connectivity index (χ0v) is 9.87. The number of hydrogen-bond donors (Lipinski definition) is 2. The molecule has 1 atom stereocenters. The first-order valence-electron chi connectivity index (χ1n) is 5.26. The largest absolute Gasteiger partial charge is 0.276 e. The van der Waals surface area contributed by atoms with Crippen molar-refractivity contribution in [3.05, 3.63) is 18.0 Å². The molecule has 1 unspecified atom stereocenters. The molecule has 0 aliphatic rings. The second kappa shape index (κ2) is 6.82. The van der Waals surface area contributed by atoms with E-state index in [1.165, 1.54) is 5.56 Å². The minimum absolute atomic E-state index is 0.351. The van der Waals surface area contributed by atoms with Crippen molar-refractivity contribution in [2.45, 2.75) is 31.7 Å². The van der Waals surface area contributed by atoms with E-state index in [1.807, 2.05) is 24.1 Å². The van der Waals surface area contributed by atoms with Crippen molar-refractivity contribution in [3.63, 3.8) is 0 Å². The van der Waals surface area contributed by atoms with E-state index in [9.17, 15) is 0 Å². The Labute approximate surface area is 95.8 Å². The number of nitrogens with zero attached hydrogens (tertiary/aromatic N) is 2. The number of hydrogen-bond acceptors (Lipinski definition) is 3. The molecule has 1 aromatic heterocycles. The number of rotatable bonds is 7. The van der Waals surface area contributed by atoms with Gasteiger partial charge in [-0.05, 0) is 31.2 Å². The van der Waals surface area contributed by atoms with Gasteiger partial charge in [-0.25, -0.2) is 0 Å². The van der Waals surface area contributed by atoms with E-state index in [2.05, 4.69) is 10.5 Å². The fourth-order valence-electron chi connectivity index (χ4n) is 1.58. The van der Waals surface area contributed by atoms with Gasteiger partial charge in [-0.2, -0.15) is 5.10 Å². The standard InChI is InChI=1S/C10H19ClN4/c1-15-8-9(7-13-15)4-5-10(14-12)3-2-6-11/h7-8,10,14H,2-6,12H2,1H3. The molecule has 0 amide bonds. The summed E-state index contributed by atoms with van der Waals surface area (Å²) in [5.74, 6) is 6.17. The van der Waals surface area contributed by atoms with Crippen molar-refractivity contribution in [2.75, 3.05) is 5.88 Å². The molecule has 1 heterocycles. The number of halogens is 1. The molecule has 0 aliphatic heterocycles. The molecule has 0 radical (unpaired) electrons. The number of aromatic nitrogens is 2. The number of hydrazine groups is 1. The Hall–Kier alpha value is -0.580. The molecular weight excluding hydrogens is 212 g/mol. The quantitative estimate of drug-likeness (QED) is 0.421. The molecule has 0 saturated carbocycles. The van der Waals surface area contributed by atoms with E-state index in [4.69, 9.17) is 17.4 Å². The Morgan fingerprint density at radius 2 is 2.40 bits per heavy atom. The van der Waals surface area contributed by atoms with Gasteiger partial charge in [0, 0.05) is 25.2 Å². The number of nitrogens with one attached hydrogen (secondary N) is 1. The van der Waals surface area contributed by atoms with Crippen LogP contribution in [-0.2, 0) is 13.5 Å². The summed E-state index contributed by atoms with van der Waals surface area (Å²) in [7, 11) is 1.93. The molecular formula is C10H19ClN4. The van der Waals surface area contributed by atoms with Gasteiger partial charge < -0.3 is 0 Å². The van der Waals surface area contributed by atoms with Gasteiger partial charge in [-0.15, -0.1) is 11.6 Å². The molecule has 5 heteroatoms. The van der Waals surface area contributed by atoms with Gasteiger partial charge >= 0.3 is 0 Å². The van der Waals surface area contributed by atoms with Crippen LogP contribution in [0.5, 0.6) is 0 Å². The molecule has 0 fully saturated rings. The minimum Gasteiger partial charge on any atom is -0.276 e. The molecule has 3 N–H and O–H groups in total. The maximum atomic E-state index is 5.64. The predicted molar refractivity (Wildman–Crippen MR) is 62.6 cm³/mol. The molecule has 0 bridgehead atoms. The first-order valence-corrected chi connectivity index (χ1v) is 5.79. The van der Waals surface area contributed by atoms with E-state index in [0.29, 0.717) is 11.9 Å². The van der Waals surface area contributed by atoms with Crippen LogP contribution in [0.3, 0.4) is 0 Å². The first-order chi connectivity index (χ1) is 7.26. The minimum atomic E-state index is 0.351. The summed E-state index contributed by atoms with van der Waals surface area (Å²) < 4.78 is 1.82. The zero-order chi connectivity index (χ0) is 11.1. The van der Waals surface area contributed by atoms with Crippen molar-refractivity contribution in [3.8, 4) is 0 Å². The van der Waals surface area contributed by atoms with E-state index in [-0.39, 0.29) is 0 Å². The van der Waals surface area contributed by atoms with Gasteiger partial charge in [0.15, 0.2) is 0 Å². The van der Waals surface area contributed by atoms with Crippen LogP contribution in [0, 0.1) is 0 Å². The van der Waals surface area contributed by atoms with Crippen LogP contribution in [0.2, 0.25) is 0 Å². The summed E-state index contributed by atoms with van der Waals surface area (Å²) in [4.78, 5) is 0. The summed E-state index contributed by atoms with van der Waals surface area (Å²) in [5.41, 5.74) is 4.08. The van der Waals surface area contributed by atoms with Crippen LogP contribution in [0.15, 0.2) is 12.4 Å². The highest BCUT2D eigenvalue weighted by Crippen LogP contribution is 2.08. The highest BCUT2D eigenvalue weighted by molar-refractivity contribution is 6.17. The average Bonchev–Trinajstić information content (AvgIpc) is 2.65. The topological polar surface area (TPSA) is 55.9 Å². The molecule has 0 aliphatic carbocycles. The summed E-state index contributed by atoms with van der Waals surface area (Å²) in [6.45, 7) is 0. The molecule has 86 valence electrons. The Balaban J connectivity index is 2.27. The normalized spacial score (nSPS) is 13.0. The third-order valence-corrected chi connectivity index (χ3v) is 2.73. The smallest absolute Gasteiger partial charge is 0.0521 e. The monoisotopic (exact) mass is 230 g/mol. The van der Waals surface area contributed by atoms with Gasteiger partial charge in [0.2, 0.25) is 0 Å². The van der Waals surface area contributed by atoms with Gasteiger partial charge in [0.05, 0.1) is 6.20 Å². The maximum absolute atomic E-state index is 5.64. The van der Waals surface area contributed by atoms with Crippen LogP contribution >= 0.6 is 11.6 Å². The van der Waals surface area contributed by atoms with Crippen LogP contribution in [0.1, 0.15) is 24.8 Å². The SMILES string of the molecule is Cn1cc(CCC(CCCCl)NN)cn1. The van der Waals surface area contributed by atoms with E-state index in [0.717, 1.165) is 25.7 Å². The van der Waals surface area contributed by atoms with Gasteiger partial charge in [-0.1, -0.05) is 0 Å². The van der Waals surface area contributed by atoms with Crippen LogP contribution < -0.4 is 11.3 Å².